The van der Waals surface area contributed by atoms with E-state index < -0.39 is 23.2 Å². The number of rotatable bonds is 11. The summed E-state index contributed by atoms with van der Waals surface area (Å²) in [7, 11) is 0. The van der Waals surface area contributed by atoms with Gasteiger partial charge < -0.3 is 25.3 Å². The van der Waals surface area contributed by atoms with Crippen molar-refractivity contribution in [3.05, 3.63) is 71.9 Å². The van der Waals surface area contributed by atoms with Gasteiger partial charge >= 0.3 is 0 Å². The second-order valence-electron chi connectivity index (χ2n) is 11.1. The molecule has 3 atom stereocenters. The molecule has 1 aliphatic heterocycles. The highest BCUT2D eigenvalue weighted by Gasteiger charge is 2.44. The van der Waals surface area contributed by atoms with Crippen molar-refractivity contribution >= 4 is 0 Å². The van der Waals surface area contributed by atoms with Gasteiger partial charge in [-0.1, -0.05) is 74.2 Å². The molecule has 9 nitrogen and oxygen atoms in total. The van der Waals surface area contributed by atoms with Crippen LogP contribution in [0.5, 0.6) is 0 Å². The Labute approximate surface area is 219 Å². The van der Waals surface area contributed by atoms with Gasteiger partial charge in [-0.2, -0.15) is 5.43 Å². The largest absolute Gasteiger partial charge is 0.388 e. The maximum Gasteiger partial charge on any atom is 0.166 e. The van der Waals surface area contributed by atoms with Gasteiger partial charge in [0.2, 0.25) is 0 Å². The molecular weight excluding hydrogens is 470 g/mol. The van der Waals surface area contributed by atoms with Crippen LogP contribution in [-0.2, 0) is 5.72 Å². The molecule has 1 aliphatic rings. The maximum absolute atomic E-state index is 12.0. The van der Waals surface area contributed by atoms with Gasteiger partial charge in [-0.25, -0.2) is 5.53 Å². The Hall–Kier alpha value is -2.82. The Kier molecular flexibility index (Phi) is 8.46. The van der Waals surface area contributed by atoms with E-state index in [0.717, 1.165) is 16.7 Å². The predicted octanol–water partition coefficient (Wildman–Crippen LogP) is 4.08. The van der Waals surface area contributed by atoms with Crippen LogP contribution in [0.3, 0.4) is 0 Å². The number of hydrogen-bond donors (Lipinski definition) is 6. The molecule has 3 rings (SSSR count). The summed E-state index contributed by atoms with van der Waals surface area (Å²) < 4.78 is 0. The van der Waals surface area contributed by atoms with E-state index in [9.17, 15) is 20.4 Å². The van der Waals surface area contributed by atoms with Crippen LogP contribution in [0, 0.1) is 5.92 Å². The average molecular weight is 512 g/mol. The topological polar surface area (TPSA) is 133 Å². The van der Waals surface area contributed by atoms with Crippen LogP contribution in [-0.4, -0.2) is 42.8 Å². The summed E-state index contributed by atoms with van der Waals surface area (Å²) in [4.78, 5) is 1.72. The van der Waals surface area contributed by atoms with Crippen molar-refractivity contribution in [3.63, 3.8) is 0 Å². The van der Waals surface area contributed by atoms with E-state index in [-0.39, 0.29) is 24.9 Å². The lowest BCUT2D eigenvalue weighted by molar-refractivity contribution is -0.164. The summed E-state index contributed by atoms with van der Waals surface area (Å²) in [5.41, 5.74) is 6.95. The third-order valence-electron chi connectivity index (χ3n) is 6.75. The van der Waals surface area contributed by atoms with Crippen molar-refractivity contribution in [1.82, 2.24) is 15.9 Å². The van der Waals surface area contributed by atoms with Crippen molar-refractivity contribution in [2.45, 2.75) is 83.7 Å². The van der Waals surface area contributed by atoms with E-state index in [2.05, 4.69) is 27.9 Å². The highest BCUT2D eigenvalue weighted by molar-refractivity contribution is 5.68. The number of hydrogen-bond acceptors (Lipinski definition) is 9. The van der Waals surface area contributed by atoms with Gasteiger partial charge in [0, 0.05) is 23.2 Å². The number of nitrogens with zero attached hydrogens (tertiary/aromatic N) is 3. The quantitative estimate of drug-likeness (QED) is 0.250. The van der Waals surface area contributed by atoms with Gasteiger partial charge in [0.15, 0.2) is 17.7 Å². The lowest BCUT2D eigenvalue weighted by atomic mass is 9.84. The molecule has 2 aromatic carbocycles. The molecule has 202 valence electrons. The molecule has 9 heteroatoms. The molecule has 0 bridgehead atoms. The summed E-state index contributed by atoms with van der Waals surface area (Å²) in [5.74, 6) is -1.92. The van der Waals surface area contributed by atoms with E-state index >= 15 is 0 Å². The summed E-state index contributed by atoms with van der Waals surface area (Å²) in [6, 6.07) is 15.0. The minimum atomic E-state index is -1.87. The fourth-order valence-electron chi connectivity index (χ4n) is 5.16. The molecule has 0 fully saturated rings. The normalized spacial score (nSPS) is 18.4. The van der Waals surface area contributed by atoms with Crippen molar-refractivity contribution in [3.8, 4) is 11.1 Å². The van der Waals surface area contributed by atoms with Gasteiger partial charge in [0.1, 0.15) is 0 Å². The number of nitrogens with one attached hydrogen (secondary N) is 2. The monoisotopic (exact) mass is 511 g/mol. The Morgan fingerprint density at radius 3 is 2.14 bits per heavy atom. The summed E-state index contributed by atoms with van der Waals surface area (Å²) >= 11 is 0. The summed E-state index contributed by atoms with van der Waals surface area (Å²) in [6.45, 7) is 14.5. The molecule has 0 radical (unpaired) electrons. The highest BCUT2D eigenvalue weighted by atomic mass is 16.5. The Morgan fingerprint density at radius 2 is 1.62 bits per heavy atom. The predicted molar refractivity (Wildman–Crippen MR) is 143 cm³/mol. The number of benzene rings is 2. The maximum atomic E-state index is 12.0. The van der Waals surface area contributed by atoms with Crippen LogP contribution in [0.1, 0.15) is 71.7 Å². The first-order valence-corrected chi connectivity index (χ1v) is 12.6. The zero-order valence-corrected chi connectivity index (χ0v) is 22.6. The van der Waals surface area contributed by atoms with E-state index in [1.165, 1.54) is 6.92 Å². The molecule has 37 heavy (non-hydrogen) atoms. The van der Waals surface area contributed by atoms with E-state index in [1.807, 2.05) is 62.4 Å². The first-order valence-electron chi connectivity index (χ1n) is 12.6. The van der Waals surface area contributed by atoms with Gasteiger partial charge in [-0.3, -0.25) is 0 Å². The molecule has 0 amide bonds. The van der Waals surface area contributed by atoms with Crippen LogP contribution in [0.2, 0.25) is 0 Å². The van der Waals surface area contributed by atoms with E-state index in [4.69, 9.17) is 0 Å². The molecule has 2 aromatic rings. The smallest absolute Gasteiger partial charge is 0.166 e. The molecular formula is C28H41N5O4. The van der Waals surface area contributed by atoms with Crippen molar-refractivity contribution in [2.24, 2.45) is 16.3 Å². The standard InChI is InChI=1S/C28H41N5O4/c1-18(2)24(26(4,5)34)33(19(3)16-17-27(6,35)36)28(7,37)21-14-12-20(13-15-21)22-10-8-9-11-23(22)25-29-31-32-30-25/h8-15,18,24-25,34-37H,3,16-17H2,1-2,4-7H3,(H,29,32)(H,30,31). The molecule has 0 saturated heterocycles. The minimum absolute atomic E-state index is 0.0339. The molecule has 1 heterocycles. The zero-order chi connectivity index (χ0) is 27.6. The second kappa shape index (κ2) is 10.9. The fraction of sp³-hybridized carbons (Fsp3) is 0.500. The fourth-order valence-corrected chi connectivity index (χ4v) is 5.16. The van der Waals surface area contributed by atoms with Crippen molar-refractivity contribution in [1.29, 1.82) is 0 Å². The molecule has 0 aliphatic carbocycles. The van der Waals surface area contributed by atoms with Gasteiger partial charge in [0.25, 0.3) is 0 Å². The third kappa shape index (κ3) is 6.74. The molecule has 0 spiro atoms. The van der Waals surface area contributed by atoms with E-state index in [0.29, 0.717) is 11.3 Å². The molecule has 0 aromatic heterocycles. The summed E-state index contributed by atoms with van der Waals surface area (Å²) in [5, 5.41) is 50.8. The second-order valence-corrected chi connectivity index (χ2v) is 11.1. The highest BCUT2D eigenvalue weighted by Crippen LogP contribution is 2.39. The Balaban J connectivity index is 2.01. The lowest BCUT2D eigenvalue weighted by Crippen LogP contribution is -2.59. The van der Waals surface area contributed by atoms with Crippen LogP contribution in [0.25, 0.3) is 11.1 Å². The molecule has 0 saturated carbocycles. The lowest BCUT2D eigenvalue weighted by Gasteiger charge is -2.51. The average Bonchev–Trinajstić information content (AvgIpc) is 3.34. The van der Waals surface area contributed by atoms with Gasteiger partial charge in [-0.15, -0.1) is 5.11 Å². The van der Waals surface area contributed by atoms with Gasteiger partial charge in [0.05, 0.1) is 11.6 Å². The summed E-state index contributed by atoms with van der Waals surface area (Å²) in [6.07, 6.45) is -0.0479. The SMILES string of the molecule is C=C(CCC(C)(O)O)N(C(C(C)C)C(C)(C)O)C(C)(O)c1ccc(-c2ccccc2C2N=NNN2)cc1. The van der Waals surface area contributed by atoms with E-state index in [1.54, 1.807) is 25.7 Å². The van der Waals surface area contributed by atoms with Gasteiger partial charge in [-0.05, 0) is 51.2 Å². The minimum Gasteiger partial charge on any atom is -0.388 e. The van der Waals surface area contributed by atoms with Crippen LogP contribution >= 0.6 is 0 Å². The molecule has 3 unspecified atom stereocenters. The Morgan fingerprint density at radius 1 is 1.00 bits per heavy atom. The van der Waals surface area contributed by atoms with Crippen LogP contribution < -0.4 is 11.0 Å². The number of aliphatic hydroxyl groups is 4. The van der Waals surface area contributed by atoms with Crippen molar-refractivity contribution < 1.29 is 20.4 Å². The number of allylic oxidation sites excluding steroid dienone is 1. The van der Waals surface area contributed by atoms with Crippen LogP contribution in [0.4, 0.5) is 0 Å². The van der Waals surface area contributed by atoms with Crippen molar-refractivity contribution in [2.75, 3.05) is 0 Å². The Bertz CT molecular complexity index is 1100. The molecule has 6 N–H and O–H groups in total. The first kappa shape index (κ1) is 28.7. The van der Waals surface area contributed by atoms with Crippen LogP contribution in [0.15, 0.2) is 71.1 Å². The zero-order valence-electron chi connectivity index (χ0n) is 22.6. The number of hydrazine groups is 1. The first-order chi connectivity index (χ1) is 17.1. The third-order valence-corrected chi connectivity index (χ3v) is 6.75.